The minimum absolute atomic E-state index is 0.280. The highest BCUT2D eigenvalue weighted by Crippen LogP contribution is 2.20. The fraction of sp³-hybridized carbons (Fsp3) is 0.571. The van der Waals surface area contributed by atoms with Gasteiger partial charge in [0, 0.05) is 36.3 Å². The molecule has 0 radical (unpaired) electrons. The van der Waals surface area contributed by atoms with E-state index in [2.05, 4.69) is 33.0 Å². The number of nitrogens with zero attached hydrogens (tertiary/aromatic N) is 2. The Labute approximate surface area is 129 Å². The summed E-state index contributed by atoms with van der Waals surface area (Å²) in [4.78, 5) is 2.23. The molecule has 1 heterocycles. The molecule has 0 aromatic heterocycles. The molecule has 1 aliphatic rings. The molecule has 0 unspecified atom stereocenters. The second kappa shape index (κ2) is 6.91. The van der Waals surface area contributed by atoms with Gasteiger partial charge in [0.1, 0.15) is 0 Å². The number of piperazine rings is 1. The van der Waals surface area contributed by atoms with Crippen LogP contribution in [0.1, 0.15) is 19.8 Å². The van der Waals surface area contributed by atoms with Gasteiger partial charge in [0.25, 0.3) is 0 Å². The van der Waals surface area contributed by atoms with Crippen LogP contribution in [0, 0.1) is 0 Å². The Morgan fingerprint density at radius 2 is 1.70 bits per heavy atom. The first kappa shape index (κ1) is 15.8. The molecule has 20 heavy (non-hydrogen) atoms. The Morgan fingerprint density at radius 1 is 1.10 bits per heavy atom. The molecule has 1 aromatic carbocycles. The summed E-state index contributed by atoms with van der Waals surface area (Å²) >= 11 is 3.42. The maximum absolute atomic E-state index is 12.1. The molecule has 2 rings (SSSR count). The third-order valence-corrected chi connectivity index (χ3v) is 6.06. The van der Waals surface area contributed by atoms with Gasteiger partial charge >= 0.3 is 0 Å². The minimum Gasteiger partial charge on any atom is -0.369 e. The van der Waals surface area contributed by atoms with Crippen molar-refractivity contribution >= 4 is 31.6 Å². The molecular formula is C14H21BrN2O2S. The summed E-state index contributed by atoms with van der Waals surface area (Å²) in [5, 5.41) is 0. The number of unbranched alkanes of at least 4 members (excludes halogenated alkanes) is 1. The summed E-state index contributed by atoms with van der Waals surface area (Å²) in [5.41, 5.74) is 1.15. The van der Waals surface area contributed by atoms with Gasteiger partial charge in [-0.1, -0.05) is 29.3 Å². The van der Waals surface area contributed by atoms with Gasteiger partial charge in [-0.3, -0.25) is 0 Å². The smallest absolute Gasteiger partial charge is 0.214 e. The number of benzene rings is 1. The van der Waals surface area contributed by atoms with Crippen LogP contribution in [0.4, 0.5) is 5.69 Å². The van der Waals surface area contributed by atoms with Crippen molar-refractivity contribution in [2.24, 2.45) is 0 Å². The van der Waals surface area contributed by atoms with E-state index in [4.69, 9.17) is 0 Å². The average molecular weight is 361 g/mol. The lowest BCUT2D eigenvalue weighted by Crippen LogP contribution is -2.49. The minimum atomic E-state index is -3.06. The van der Waals surface area contributed by atoms with Crippen LogP contribution >= 0.6 is 15.9 Å². The van der Waals surface area contributed by atoms with Gasteiger partial charge in [-0.15, -0.1) is 0 Å². The van der Waals surface area contributed by atoms with Gasteiger partial charge < -0.3 is 4.90 Å². The lowest BCUT2D eigenvalue weighted by molar-refractivity contribution is 0.384. The van der Waals surface area contributed by atoms with Gasteiger partial charge in [-0.2, -0.15) is 4.31 Å². The molecule has 0 bridgehead atoms. The van der Waals surface area contributed by atoms with Gasteiger partial charge in [-0.25, -0.2) is 8.42 Å². The number of hydrogen-bond acceptors (Lipinski definition) is 3. The molecule has 1 aliphatic heterocycles. The third-order valence-electron chi connectivity index (χ3n) is 3.58. The standard InChI is InChI=1S/C14H21BrN2O2S/c1-2-3-12-20(18,19)17-10-8-16(9-11-17)14-6-4-13(15)5-7-14/h4-7H,2-3,8-12H2,1H3. The summed E-state index contributed by atoms with van der Waals surface area (Å²) < 4.78 is 27.0. The van der Waals surface area contributed by atoms with Gasteiger partial charge in [0.2, 0.25) is 10.0 Å². The van der Waals surface area contributed by atoms with Crippen LogP contribution < -0.4 is 4.90 Å². The first-order chi connectivity index (χ1) is 9.53. The maximum Gasteiger partial charge on any atom is 0.214 e. The van der Waals surface area contributed by atoms with Crippen LogP contribution in [-0.4, -0.2) is 44.7 Å². The molecule has 1 aromatic rings. The highest BCUT2D eigenvalue weighted by atomic mass is 79.9. The van der Waals surface area contributed by atoms with E-state index in [0.717, 1.165) is 36.1 Å². The number of hydrogen-bond donors (Lipinski definition) is 0. The van der Waals surface area contributed by atoms with Crippen LogP contribution in [0.2, 0.25) is 0 Å². The molecule has 0 N–H and O–H groups in total. The van der Waals surface area contributed by atoms with Crippen molar-refractivity contribution in [1.29, 1.82) is 0 Å². The molecule has 112 valence electrons. The topological polar surface area (TPSA) is 40.6 Å². The van der Waals surface area contributed by atoms with Crippen LogP contribution in [0.25, 0.3) is 0 Å². The Morgan fingerprint density at radius 3 is 2.25 bits per heavy atom. The van der Waals surface area contributed by atoms with Crippen molar-refractivity contribution < 1.29 is 8.42 Å². The monoisotopic (exact) mass is 360 g/mol. The predicted molar refractivity (Wildman–Crippen MR) is 86.6 cm³/mol. The van der Waals surface area contributed by atoms with Crippen LogP contribution in [0.15, 0.2) is 28.7 Å². The van der Waals surface area contributed by atoms with Crippen molar-refractivity contribution in [3.63, 3.8) is 0 Å². The molecule has 0 aliphatic carbocycles. The second-order valence-corrected chi connectivity index (χ2v) is 8.04. The zero-order chi connectivity index (χ0) is 14.6. The third kappa shape index (κ3) is 3.96. The first-order valence-corrected chi connectivity index (χ1v) is 9.41. The van der Waals surface area contributed by atoms with E-state index < -0.39 is 10.0 Å². The van der Waals surface area contributed by atoms with E-state index in [1.54, 1.807) is 4.31 Å². The van der Waals surface area contributed by atoms with E-state index in [1.807, 2.05) is 19.1 Å². The Hall–Kier alpha value is -0.590. The van der Waals surface area contributed by atoms with E-state index in [-0.39, 0.29) is 5.75 Å². The Balaban J connectivity index is 1.93. The van der Waals surface area contributed by atoms with E-state index in [9.17, 15) is 8.42 Å². The highest BCUT2D eigenvalue weighted by Gasteiger charge is 2.26. The molecule has 0 saturated carbocycles. The molecule has 0 amide bonds. The largest absolute Gasteiger partial charge is 0.369 e. The average Bonchev–Trinajstić information content (AvgIpc) is 2.46. The lowest BCUT2D eigenvalue weighted by atomic mass is 10.2. The summed E-state index contributed by atoms with van der Waals surface area (Å²) in [6.07, 6.45) is 1.66. The maximum atomic E-state index is 12.1. The molecule has 1 fully saturated rings. The second-order valence-electron chi connectivity index (χ2n) is 5.03. The number of anilines is 1. The van der Waals surface area contributed by atoms with Crippen molar-refractivity contribution in [1.82, 2.24) is 4.31 Å². The van der Waals surface area contributed by atoms with Crippen molar-refractivity contribution in [2.75, 3.05) is 36.8 Å². The Kier molecular flexibility index (Phi) is 5.46. The molecule has 1 saturated heterocycles. The molecular weight excluding hydrogens is 340 g/mol. The van der Waals surface area contributed by atoms with Gasteiger partial charge in [-0.05, 0) is 30.7 Å². The number of sulfonamides is 1. The van der Waals surface area contributed by atoms with E-state index in [1.165, 1.54) is 0 Å². The normalized spacial score (nSPS) is 17.4. The lowest BCUT2D eigenvalue weighted by Gasteiger charge is -2.35. The molecule has 4 nitrogen and oxygen atoms in total. The van der Waals surface area contributed by atoms with Crippen molar-refractivity contribution in [3.05, 3.63) is 28.7 Å². The molecule has 6 heteroatoms. The summed E-state index contributed by atoms with van der Waals surface area (Å²) in [7, 11) is -3.06. The van der Waals surface area contributed by atoms with E-state index in [0.29, 0.717) is 13.1 Å². The molecule has 0 spiro atoms. The SMILES string of the molecule is CCCCS(=O)(=O)N1CCN(c2ccc(Br)cc2)CC1. The predicted octanol–water partition coefficient (Wildman–Crippen LogP) is 2.70. The van der Waals surface area contributed by atoms with Crippen molar-refractivity contribution in [2.45, 2.75) is 19.8 Å². The number of halogens is 1. The summed E-state index contributed by atoms with van der Waals surface area (Å²) in [6, 6.07) is 8.15. The van der Waals surface area contributed by atoms with Crippen LogP contribution in [-0.2, 0) is 10.0 Å². The first-order valence-electron chi connectivity index (χ1n) is 7.01. The fourth-order valence-electron chi connectivity index (χ4n) is 2.33. The number of rotatable bonds is 5. The zero-order valence-corrected chi connectivity index (χ0v) is 14.2. The van der Waals surface area contributed by atoms with Crippen molar-refractivity contribution in [3.8, 4) is 0 Å². The summed E-state index contributed by atoms with van der Waals surface area (Å²) in [5.74, 6) is 0.280. The highest BCUT2D eigenvalue weighted by molar-refractivity contribution is 9.10. The Bertz CT molecular complexity index is 523. The quantitative estimate of drug-likeness (QED) is 0.810. The van der Waals surface area contributed by atoms with Gasteiger partial charge in [0.15, 0.2) is 0 Å². The zero-order valence-electron chi connectivity index (χ0n) is 11.8. The van der Waals surface area contributed by atoms with Crippen LogP contribution in [0.3, 0.4) is 0 Å². The van der Waals surface area contributed by atoms with Gasteiger partial charge in [0.05, 0.1) is 5.75 Å². The summed E-state index contributed by atoms with van der Waals surface area (Å²) in [6.45, 7) is 4.70. The molecule has 0 atom stereocenters. The van der Waals surface area contributed by atoms with Crippen LogP contribution in [0.5, 0.6) is 0 Å². The van der Waals surface area contributed by atoms with E-state index >= 15 is 0 Å². The fourth-order valence-corrected chi connectivity index (χ4v) is 4.23.